The van der Waals surface area contributed by atoms with Crippen molar-refractivity contribution in [1.29, 1.82) is 0 Å². The number of nitrogens with zero attached hydrogens (tertiary/aromatic N) is 2. The van der Waals surface area contributed by atoms with Crippen LogP contribution in [0.15, 0.2) is 35.5 Å². The van der Waals surface area contributed by atoms with Gasteiger partial charge in [-0.3, -0.25) is 19.5 Å². The van der Waals surface area contributed by atoms with Crippen LogP contribution in [0.25, 0.3) is 10.9 Å². The zero-order chi connectivity index (χ0) is 18.4. The van der Waals surface area contributed by atoms with Gasteiger partial charge in [0.05, 0.1) is 0 Å². The number of benzene rings is 1. The molecular weight excluding hydrogens is 457 g/mol. The minimum Gasteiger partial charge on any atom is -0.361 e. The SMILES string of the molecule is CN=C(NCCc1c[nH]c2ccccc12)NCCN1C(=O)CCCC1=O.I. The van der Waals surface area contributed by atoms with E-state index < -0.39 is 0 Å². The monoisotopic (exact) mass is 483 g/mol. The number of carbonyl (C=O) groups excluding carboxylic acids is 2. The van der Waals surface area contributed by atoms with Gasteiger partial charge in [-0.2, -0.15) is 0 Å². The van der Waals surface area contributed by atoms with E-state index in [9.17, 15) is 9.59 Å². The van der Waals surface area contributed by atoms with Gasteiger partial charge in [0.1, 0.15) is 0 Å². The molecule has 8 heteroatoms. The van der Waals surface area contributed by atoms with Crippen molar-refractivity contribution in [2.75, 3.05) is 26.7 Å². The third-order valence-electron chi connectivity index (χ3n) is 4.60. The molecule has 0 unspecified atom stereocenters. The standard InChI is InChI=1S/C19H25N5O2.HI/c1-20-19(22-11-12-24-17(25)7-4-8-18(24)26)21-10-9-14-13-23-16-6-3-2-5-15(14)16;/h2-3,5-6,13,23H,4,7-12H2,1H3,(H2,20,21,22);1H. The lowest BCUT2D eigenvalue weighted by atomic mass is 10.1. The number of aliphatic imine (C=N–C) groups is 1. The number of H-pyrrole nitrogens is 1. The minimum absolute atomic E-state index is 0. The predicted molar refractivity (Wildman–Crippen MR) is 117 cm³/mol. The van der Waals surface area contributed by atoms with Crippen molar-refractivity contribution in [2.24, 2.45) is 4.99 Å². The molecule has 2 aromatic rings. The van der Waals surface area contributed by atoms with Crippen LogP contribution in [0.3, 0.4) is 0 Å². The second-order valence-electron chi connectivity index (χ2n) is 6.33. The third-order valence-corrected chi connectivity index (χ3v) is 4.60. The van der Waals surface area contributed by atoms with Crippen molar-refractivity contribution < 1.29 is 9.59 Å². The van der Waals surface area contributed by atoms with Crippen molar-refractivity contribution >= 4 is 52.7 Å². The number of amides is 2. The second kappa shape index (κ2) is 10.3. The Morgan fingerprint density at radius 2 is 1.85 bits per heavy atom. The summed E-state index contributed by atoms with van der Waals surface area (Å²) in [7, 11) is 1.71. The normalized spacial score (nSPS) is 15.0. The fourth-order valence-electron chi connectivity index (χ4n) is 3.21. The topological polar surface area (TPSA) is 89.6 Å². The van der Waals surface area contributed by atoms with Gasteiger partial charge in [0, 0.05) is 56.6 Å². The molecule has 1 saturated heterocycles. The molecule has 0 aliphatic carbocycles. The maximum absolute atomic E-state index is 11.8. The lowest BCUT2D eigenvalue weighted by Gasteiger charge is -2.25. The summed E-state index contributed by atoms with van der Waals surface area (Å²) >= 11 is 0. The quantitative estimate of drug-likeness (QED) is 0.254. The second-order valence-corrected chi connectivity index (χ2v) is 6.33. The molecule has 27 heavy (non-hydrogen) atoms. The first-order chi connectivity index (χ1) is 12.7. The number of hydrogen-bond donors (Lipinski definition) is 3. The minimum atomic E-state index is -0.0784. The van der Waals surface area contributed by atoms with Gasteiger partial charge in [-0.15, -0.1) is 24.0 Å². The molecule has 1 aliphatic rings. The number of guanidine groups is 1. The van der Waals surface area contributed by atoms with E-state index in [1.54, 1.807) is 7.05 Å². The summed E-state index contributed by atoms with van der Waals surface area (Å²) < 4.78 is 0. The van der Waals surface area contributed by atoms with Crippen LogP contribution >= 0.6 is 24.0 Å². The molecule has 0 atom stereocenters. The average molecular weight is 483 g/mol. The van der Waals surface area contributed by atoms with Crippen LogP contribution in [0.5, 0.6) is 0 Å². The smallest absolute Gasteiger partial charge is 0.229 e. The van der Waals surface area contributed by atoms with Crippen LogP contribution in [-0.4, -0.2) is 54.3 Å². The molecule has 0 bridgehead atoms. The number of aromatic amines is 1. The molecule has 1 aliphatic heterocycles. The number of likely N-dealkylation sites (tertiary alicyclic amines) is 1. The zero-order valence-electron chi connectivity index (χ0n) is 15.5. The van der Waals surface area contributed by atoms with Crippen LogP contribution in [0.4, 0.5) is 0 Å². The molecule has 0 radical (unpaired) electrons. The van der Waals surface area contributed by atoms with Gasteiger partial charge >= 0.3 is 0 Å². The molecule has 1 fully saturated rings. The summed E-state index contributed by atoms with van der Waals surface area (Å²) in [6.45, 7) is 1.61. The van der Waals surface area contributed by atoms with Crippen LogP contribution in [0.1, 0.15) is 24.8 Å². The molecule has 2 heterocycles. The summed E-state index contributed by atoms with van der Waals surface area (Å²) in [5, 5.41) is 7.66. The number of para-hydroxylation sites is 1. The average Bonchev–Trinajstić information content (AvgIpc) is 3.06. The van der Waals surface area contributed by atoms with Crippen molar-refractivity contribution in [3.8, 4) is 0 Å². The number of carbonyl (C=O) groups is 2. The summed E-state index contributed by atoms with van der Waals surface area (Å²) in [5.41, 5.74) is 2.40. The number of imide groups is 1. The van der Waals surface area contributed by atoms with E-state index in [1.165, 1.54) is 15.8 Å². The molecule has 146 valence electrons. The number of nitrogens with one attached hydrogen (secondary N) is 3. The summed E-state index contributed by atoms with van der Waals surface area (Å²) in [6, 6.07) is 8.23. The highest BCUT2D eigenvalue weighted by atomic mass is 127. The molecule has 3 N–H and O–H groups in total. The highest BCUT2D eigenvalue weighted by molar-refractivity contribution is 14.0. The van der Waals surface area contributed by atoms with E-state index in [0.29, 0.717) is 38.3 Å². The number of piperidine rings is 1. The van der Waals surface area contributed by atoms with Gasteiger partial charge in [-0.25, -0.2) is 0 Å². The summed E-state index contributed by atoms with van der Waals surface area (Å²) in [5.74, 6) is 0.511. The fourth-order valence-corrected chi connectivity index (χ4v) is 3.21. The number of halogens is 1. The van der Waals surface area contributed by atoms with Crippen molar-refractivity contribution in [2.45, 2.75) is 25.7 Å². The van der Waals surface area contributed by atoms with Gasteiger partial charge in [0.2, 0.25) is 11.8 Å². The molecular formula is C19H26IN5O2. The Balaban J connectivity index is 0.00000261. The van der Waals surface area contributed by atoms with Gasteiger partial charge in [-0.1, -0.05) is 18.2 Å². The maximum atomic E-state index is 11.8. The molecule has 0 saturated carbocycles. The number of fused-ring (bicyclic) bond motifs is 1. The van der Waals surface area contributed by atoms with Gasteiger partial charge in [0.15, 0.2) is 5.96 Å². The predicted octanol–water partition coefficient (Wildman–Crippen LogP) is 2.03. The first-order valence-electron chi connectivity index (χ1n) is 9.01. The lowest BCUT2D eigenvalue weighted by molar-refractivity contribution is -0.147. The highest BCUT2D eigenvalue weighted by Gasteiger charge is 2.25. The Labute approximate surface area is 176 Å². The van der Waals surface area contributed by atoms with Gasteiger partial charge in [-0.05, 0) is 24.5 Å². The van der Waals surface area contributed by atoms with Crippen LogP contribution in [0.2, 0.25) is 0 Å². The number of hydrogen-bond acceptors (Lipinski definition) is 3. The maximum Gasteiger partial charge on any atom is 0.229 e. The van der Waals surface area contributed by atoms with E-state index in [0.717, 1.165) is 18.5 Å². The van der Waals surface area contributed by atoms with Crippen molar-refractivity contribution in [1.82, 2.24) is 20.5 Å². The van der Waals surface area contributed by atoms with E-state index in [-0.39, 0.29) is 35.8 Å². The fraction of sp³-hybridized carbons (Fsp3) is 0.421. The van der Waals surface area contributed by atoms with E-state index >= 15 is 0 Å². The van der Waals surface area contributed by atoms with Crippen molar-refractivity contribution in [3.63, 3.8) is 0 Å². The Hall–Kier alpha value is -2.10. The summed E-state index contributed by atoms with van der Waals surface area (Å²) in [4.78, 5) is 32.4. The Morgan fingerprint density at radius 3 is 2.59 bits per heavy atom. The Kier molecular flexibility index (Phi) is 8.08. The van der Waals surface area contributed by atoms with Crippen LogP contribution < -0.4 is 10.6 Å². The van der Waals surface area contributed by atoms with Crippen LogP contribution in [0, 0.1) is 0 Å². The molecule has 1 aromatic heterocycles. The molecule has 2 amide bonds. The number of rotatable bonds is 6. The van der Waals surface area contributed by atoms with E-state index in [1.807, 2.05) is 18.3 Å². The Bertz CT molecular complexity index is 801. The molecule has 1 aromatic carbocycles. The molecule has 3 rings (SSSR count). The largest absolute Gasteiger partial charge is 0.361 e. The molecule has 0 spiro atoms. The van der Waals surface area contributed by atoms with Gasteiger partial charge < -0.3 is 15.6 Å². The first-order valence-corrected chi connectivity index (χ1v) is 9.01. The number of aromatic nitrogens is 1. The highest BCUT2D eigenvalue weighted by Crippen LogP contribution is 2.17. The van der Waals surface area contributed by atoms with E-state index in [4.69, 9.17) is 0 Å². The summed E-state index contributed by atoms with van der Waals surface area (Å²) in [6.07, 6.45) is 4.50. The van der Waals surface area contributed by atoms with E-state index in [2.05, 4.69) is 32.7 Å². The lowest BCUT2D eigenvalue weighted by Crippen LogP contribution is -2.46. The zero-order valence-corrected chi connectivity index (χ0v) is 17.8. The Morgan fingerprint density at radius 1 is 1.15 bits per heavy atom. The molecule has 7 nitrogen and oxygen atoms in total. The van der Waals surface area contributed by atoms with Crippen LogP contribution in [-0.2, 0) is 16.0 Å². The van der Waals surface area contributed by atoms with Crippen molar-refractivity contribution in [3.05, 3.63) is 36.0 Å². The third kappa shape index (κ3) is 5.44. The first kappa shape index (κ1) is 21.2. The van der Waals surface area contributed by atoms with Gasteiger partial charge in [0.25, 0.3) is 0 Å².